The molecule has 0 saturated heterocycles. The third-order valence-electron chi connectivity index (χ3n) is 1.73. The van der Waals surface area contributed by atoms with Crippen LogP contribution >= 0.6 is 0 Å². The molecule has 0 amide bonds. The van der Waals surface area contributed by atoms with Crippen LogP contribution in [0.15, 0.2) is 54.7 Å². The van der Waals surface area contributed by atoms with Crippen LogP contribution in [0, 0.1) is 0 Å². The second kappa shape index (κ2) is 5.92. The maximum atomic E-state index is 4.25. The van der Waals surface area contributed by atoms with E-state index in [1.165, 1.54) is 0 Å². The predicted molar refractivity (Wildman–Crippen MR) is 61.0 cm³/mol. The van der Waals surface area contributed by atoms with Crippen LogP contribution in [0.4, 0.5) is 0 Å². The summed E-state index contributed by atoms with van der Waals surface area (Å²) in [4.78, 5) is 4.25. The summed E-state index contributed by atoms with van der Waals surface area (Å²) < 4.78 is 0. The second-order valence-electron chi connectivity index (χ2n) is 2.58. The summed E-state index contributed by atoms with van der Waals surface area (Å²) in [6.07, 6.45) is 1.81. The van der Waals surface area contributed by atoms with E-state index in [0.29, 0.717) is 0 Å². The maximum absolute atomic E-state index is 4.25. The zero-order valence-corrected chi connectivity index (χ0v) is 8.64. The summed E-state index contributed by atoms with van der Waals surface area (Å²) in [6, 6.07) is 16.1. The van der Waals surface area contributed by atoms with Gasteiger partial charge in [0.15, 0.2) is 0 Å². The number of hydrogen-bond acceptors (Lipinski definition) is 1. The highest BCUT2D eigenvalue weighted by atomic mass is 14.7. The minimum atomic E-state index is 1.03. The fraction of sp³-hybridized carbons (Fsp3) is 0.154. The number of aromatic nitrogens is 1. The zero-order valence-electron chi connectivity index (χ0n) is 8.64. The van der Waals surface area contributed by atoms with E-state index in [1.807, 2.05) is 56.4 Å². The van der Waals surface area contributed by atoms with Gasteiger partial charge in [-0.15, -0.1) is 0 Å². The lowest BCUT2D eigenvalue weighted by molar-refractivity contribution is 1.33. The van der Waals surface area contributed by atoms with Gasteiger partial charge in [0.2, 0.25) is 0 Å². The van der Waals surface area contributed by atoms with Crippen LogP contribution < -0.4 is 0 Å². The Bertz CT molecular complexity index is 303. The fourth-order valence-corrected chi connectivity index (χ4v) is 1.14. The molecule has 1 nitrogen and oxygen atoms in total. The van der Waals surface area contributed by atoms with Crippen molar-refractivity contribution < 1.29 is 0 Å². The lowest BCUT2D eigenvalue weighted by atomic mass is 10.1. The average Bonchev–Trinajstić information content (AvgIpc) is 2.34. The summed E-state index contributed by atoms with van der Waals surface area (Å²) in [5, 5.41) is 0. The highest BCUT2D eigenvalue weighted by Crippen LogP contribution is 2.14. The van der Waals surface area contributed by atoms with Crippen LogP contribution in [-0.4, -0.2) is 4.98 Å². The lowest BCUT2D eigenvalue weighted by Crippen LogP contribution is -1.79. The standard InChI is InChI=1S/C11H9N.C2H6/c1-2-6-10(7-3-1)11-8-4-5-9-12-11;1-2/h1-9H;1-2H3. The molecule has 1 aromatic heterocycles. The van der Waals surface area contributed by atoms with E-state index in [1.54, 1.807) is 0 Å². The fourth-order valence-electron chi connectivity index (χ4n) is 1.14. The molecule has 0 aliphatic carbocycles. The Morgan fingerprint density at radius 3 is 2.00 bits per heavy atom. The van der Waals surface area contributed by atoms with Gasteiger partial charge in [0.1, 0.15) is 0 Å². The monoisotopic (exact) mass is 185 g/mol. The molecule has 0 aliphatic heterocycles. The SMILES string of the molecule is CC.c1ccc(-c2ccccn2)cc1. The van der Waals surface area contributed by atoms with Crippen molar-refractivity contribution in [3.63, 3.8) is 0 Å². The molecule has 0 spiro atoms. The largest absolute Gasteiger partial charge is 0.256 e. The van der Waals surface area contributed by atoms with Gasteiger partial charge in [-0.1, -0.05) is 50.2 Å². The Kier molecular flexibility index (Phi) is 4.42. The van der Waals surface area contributed by atoms with Crippen molar-refractivity contribution in [2.45, 2.75) is 13.8 Å². The lowest BCUT2D eigenvalue weighted by Gasteiger charge is -1.97. The molecular weight excluding hydrogens is 170 g/mol. The molecule has 0 radical (unpaired) electrons. The van der Waals surface area contributed by atoms with Crippen LogP contribution in [-0.2, 0) is 0 Å². The van der Waals surface area contributed by atoms with E-state index < -0.39 is 0 Å². The molecule has 2 rings (SSSR count). The van der Waals surface area contributed by atoms with Gasteiger partial charge < -0.3 is 0 Å². The molecule has 1 heteroatoms. The first kappa shape index (κ1) is 10.5. The number of nitrogens with zero attached hydrogens (tertiary/aromatic N) is 1. The number of rotatable bonds is 1. The molecule has 0 bridgehead atoms. The molecule has 2 aromatic rings. The van der Waals surface area contributed by atoms with Crippen molar-refractivity contribution in [1.29, 1.82) is 0 Å². The molecule has 0 fully saturated rings. The van der Waals surface area contributed by atoms with Gasteiger partial charge in [0.05, 0.1) is 5.69 Å². The molecule has 0 aliphatic rings. The third kappa shape index (κ3) is 2.70. The topological polar surface area (TPSA) is 12.9 Å². The van der Waals surface area contributed by atoms with Gasteiger partial charge >= 0.3 is 0 Å². The van der Waals surface area contributed by atoms with Crippen LogP contribution in [0.5, 0.6) is 0 Å². The highest BCUT2D eigenvalue weighted by molar-refractivity contribution is 5.58. The van der Waals surface area contributed by atoms with E-state index in [9.17, 15) is 0 Å². The number of benzene rings is 1. The smallest absolute Gasteiger partial charge is 0.0701 e. The Morgan fingerprint density at radius 2 is 1.43 bits per heavy atom. The first-order valence-electron chi connectivity index (χ1n) is 4.93. The Balaban J connectivity index is 0.000000461. The molecule has 0 unspecified atom stereocenters. The minimum absolute atomic E-state index is 1.03. The third-order valence-corrected chi connectivity index (χ3v) is 1.73. The average molecular weight is 185 g/mol. The first-order valence-corrected chi connectivity index (χ1v) is 4.93. The van der Waals surface area contributed by atoms with Crippen molar-refractivity contribution in [1.82, 2.24) is 4.98 Å². The zero-order chi connectivity index (χ0) is 10.2. The van der Waals surface area contributed by atoms with Crippen LogP contribution in [0.3, 0.4) is 0 Å². The minimum Gasteiger partial charge on any atom is -0.256 e. The Morgan fingerprint density at radius 1 is 0.786 bits per heavy atom. The number of hydrogen-bond donors (Lipinski definition) is 0. The molecule has 0 N–H and O–H groups in total. The Hall–Kier alpha value is -1.63. The van der Waals surface area contributed by atoms with Gasteiger partial charge in [-0.3, -0.25) is 4.98 Å². The quantitative estimate of drug-likeness (QED) is 0.659. The van der Waals surface area contributed by atoms with E-state index in [2.05, 4.69) is 17.1 Å². The van der Waals surface area contributed by atoms with Gasteiger partial charge in [0, 0.05) is 11.8 Å². The van der Waals surface area contributed by atoms with Crippen molar-refractivity contribution >= 4 is 0 Å². The normalized spacial score (nSPS) is 8.71. The van der Waals surface area contributed by atoms with Crippen molar-refractivity contribution in [3.05, 3.63) is 54.7 Å². The molecule has 72 valence electrons. The summed E-state index contributed by atoms with van der Waals surface area (Å²) in [5.74, 6) is 0. The van der Waals surface area contributed by atoms with Crippen molar-refractivity contribution in [3.8, 4) is 11.3 Å². The summed E-state index contributed by atoms with van der Waals surface area (Å²) in [7, 11) is 0. The summed E-state index contributed by atoms with van der Waals surface area (Å²) >= 11 is 0. The molecular formula is C13H15N. The van der Waals surface area contributed by atoms with E-state index in [-0.39, 0.29) is 0 Å². The molecule has 0 saturated carbocycles. The van der Waals surface area contributed by atoms with Crippen LogP contribution in [0.1, 0.15) is 13.8 Å². The van der Waals surface area contributed by atoms with Gasteiger partial charge in [0.25, 0.3) is 0 Å². The summed E-state index contributed by atoms with van der Waals surface area (Å²) in [5.41, 5.74) is 2.19. The number of pyridine rings is 1. The highest BCUT2D eigenvalue weighted by Gasteiger charge is 1.93. The molecule has 14 heavy (non-hydrogen) atoms. The van der Waals surface area contributed by atoms with E-state index in [4.69, 9.17) is 0 Å². The second-order valence-corrected chi connectivity index (χ2v) is 2.58. The first-order chi connectivity index (χ1) is 6.97. The van der Waals surface area contributed by atoms with Crippen LogP contribution in [0.2, 0.25) is 0 Å². The molecule has 1 aromatic carbocycles. The molecule has 0 atom stereocenters. The van der Waals surface area contributed by atoms with Gasteiger partial charge in [-0.05, 0) is 12.1 Å². The van der Waals surface area contributed by atoms with E-state index >= 15 is 0 Å². The van der Waals surface area contributed by atoms with Gasteiger partial charge in [-0.2, -0.15) is 0 Å². The summed E-state index contributed by atoms with van der Waals surface area (Å²) in [6.45, 7) is 4.00. The maximum Gasteiger partial charge on any atom is 0.0701 e. The van der Waals surface area contributed by atoms with Crippen LogP contribution in [0.25, 0.3) is 11.3 Å². The van der Waals surface area contributed by atoms with E-state index in [0.717, 1.165) is 11.3 Å². The van der Waals surface area contributed by atoms with Gasteiger partial charge in [-0.25, -0.2) is 0 Å². The predicted octanol–water partition coefficient (Wildman–Crippen LogP) is 3.77. The molecule has 1 heterocycles. The van der Waals surface area contributed by atoms with Crippen molar-refractivity contribution in [2.24, 2.45) is 0 Å². The Labute approximate surface area is 85.4 Å². The van der Waals surface area contributed by atoms with Crippen molar-refractivity contribution in [2.75, 3.05) is 0 Å².